The number of nitro benzene ring substituents is 1. The summed E-state index contributed by atoms with van der Waals surface area (Å²) < 4.78 is 69.9. The molecule has 8 nitrogen and oxygen atoms in total. The highest BCUT2D eigenvalue weighted by atomic mass is 31.2. The molecule has 0 aromatic heterocycles. The Morgan fingerprint density at radius 3 is 2.09 bits per heavy atom. The Morgan fingerprint density at radius 1 is 0.886 bits per heavy atom. The van der Waals surface area contributed by atoms with Crippen molar-refractivity contribution in [2.45, 2.75) is 6.61 Å². The van der Waals surface area contributed by atoms with E-state index >= 15 is 0 Å². The van der Waals surface area contributed by atoms with E-state index in [1.54, 1.807) is 9.34 Å². The van der Waals surface area contributed by atoms with Crippen LogP contribution >= 0.6 is 7.67 Å². The predicted octanol–water partition coefficient (Wildman–Crippen LogP) is 5.73. The van der Waals surface area contributed by atoms with Crippen LogP contribution < -0.4 is 4.74 Å². The molecule has 0 bridgehead atoms. The van der Waals surface area contributed by atoms with Gasteiger partial charge >= 0.3 is 13.4 Å². The van der Waals surface area contributed by atoms with E-state index in [0.29, 0.717) is 37.8 Å². The molecular weight excluding hydrogens is 486 g/mol. The quantitative estimate of drug-likeness (QED) is 0.159. The zero-order valence-corrected chi connectivity index (χ0v) is 19.1. The van der Waals surface area contributed by atoms with Crippen LogP contribution in [0.15, 0.2) is 54.6 Å². The first-order valence-electron chi connectivity index (χ1n) is 10.7. The molecule has 0 N–H and O–H groups in total. The Balaban J connectivity index is 1.38. The molecule has 2 heterocycles. The molecule has 35 heavy (non-hydrogen) atoms. The second-order valence-electron chi connectivity index (χ2n) is 8.10. The molecule has 182 valence electrons. The van der Waals surface area contributed by atoms with Crippen LogP contribution in [-0.2, 0) is 15.7 Å². The molecule has 0 radical (unpaired) electrons. The van der Waals surface area contributed by atoms with E-state index < -0.39 is 30.0 Å². The topological polar surface area (TPSA) is 84.7 Å². The lowest BCUT2D eigenvalue weighted by Crippen LogP contribution is -2.08. The van der Waals surface area contributed by atoms with Crippen molar-refractivity contribution in [2.75, 3.05) is 26.2 Å². The molecule has 2 saturated heterocycles. The minimum atomic E-state index is -3.08. The molecular formula is C23H19F3N3O5P. The van der Waals surface area contributed by atoms with Gasteiger partial charge in [-0.1, -0.05) is 0 Å². The van der Waals surface area contributed by atoms with E-state index in [1.165, 1.54) is 30.3 Å². The number of benzene rings is 3. The van der Waals surface area contributed by atoms with Crippen molar-refractivity contribution in [3.05, 3.63) is 87.7 Å². The summed E-state index contributed by atoms with van der Waals surface area (Å²) in [6.07, 6.45) is 0. The SMILES string of the molecule is O=[N+]([O-])c1ccc(COP(=O)(N2CC2)N2CC2)cc1Oc1ccc(-c2ccc(F)cc2F)c(F)c1. The van der Waals surface area contributed by atoms with Crippen LogP contribution in [0.4, 0.5) is 18.9 Å². The largest absolute Gasteiger partial charge is 0.450 e. The third-order valence-corrected chi connectivity index (χ3v) is 8.27. The van der Waals surface area contributed by atoms with Crippen molar-refractivity contribution < 1.29 is 31.9 Å². The van der Waals surface area contributed by atoms with Gasteiger partial charge in [-0.25, -0.2) is 22.5 Å². The lowest BCUT2D eigenvalue weighted by molar-refractivity contribution is -0.385. The second-order valence-corrected chi connectivity index (χ2v) is 10.5. The van der Waals surface area contributed by atoms with Crippen LogP contribution in [0.5, 0.6) is 11.5 Å². The third kappa shape index (κ3) is 4.94. The molecule has 2 aliphatic rings. The molecule has 5 rings (SSSR count). The minimum Gasteiger partial charge on any atom is -0.450 e. The van der Waals surface area contributed by atoms with Gasteiger partial charge in [0.1, 0.15) is 23.2 Å². The van der Waals surface area contributed by atoms with Crippen molar-refractivity contribution >= 4 is 13.4 Å². The van der Waals surface area contributed by atoms with Gasteiger partial charge in [0.15, 0.2) is 0 Å². The van der Waals surface area contributed by atoms with Gasteiger partial charge in [0.2, 0.25) is 5.75 Å². The Labute approximate surface area is 198 Å². The molecule has 2 aliphatic heterocycles. The number of nitro groups is 1. The van der Waals surface area contributed by atoms with Crippen LogP contribution in [0.25, 0.3) is 11.1 Å². The molecule has 3 aromatic carbocycles. The van der Waals surface area contributed by atoms with Gasteiger partial charge in [-0.15, -0.1) is 0 Å². The number of ether oxygens (including phenoxy) is 1. The Morgan fingerprint density at radius 2 is 1.51 bits per heavy atom. The van der Waals surface area contributed by atoms with Crippen molar-refractivity contribution in [1.29, 1.82) is 0 Å². The highest BCUT2D eigenvalue weighted by molar-refractivity contribution is 7.54. The monoisotopic (exact) mass is 505 g/mol. The molecule has 0 saturated carbocycles. The minimum absolute atomic E-state index is 0.0597. The Bertz CT molecular complexity index is 1350. The first-order valence-corrected chi connectivity index (χ1v) is 12.2. The van der Waals surface area contributed by atoms with Gasteiger partial charge in [-0.05, 0) is 42.0 Å². The van der Waals surface area contributed by atoms with Crippen molar-refractivity contribution in [1.82, 2.24) is 9.34 Å². The zero-order valence-electron chi connectivity index (χ0n) is 18.2. The van der Waals surface area contributed by atoms with Crippen LogP contribution in [0.1, 0.15) is 5.56 Å². The molecule has 3 aromatic rings. The average Bonchev–Trinajstić information content (AvgIpc) is 3.70. The maximum Gasteiger partial charge on any atom is 0.346 e. The zero-order chi connectivity index (χ0) is 24.7. The molecule has 12 heteroatoms. The van der Waals surface area contributed by atoms with Crippen LogP contribution in [0.3, 0.4) is 0 Å². The summed E-state index contributed by atoms with van der Waals surface area (Å²) >= 11 is 0. The van der Waals surface area contributed by atoms with Crippen LogP contribution in [-0.4, -0.2) is 40.4 Å². The number of nitrogens with zero attached hydrogens (tertiary/aromatic N) is 3. The van der Waals surface area contributed by atoms with Gasteiger partial charge in [0.05, 0.1) is 11.5 Å². The molecule has 0 amide bonds. The maximum atomic E-state index is 14.7. The van der Waals surface area contributed by atoms with Gasteiger partial charge in [0.25, 0.3) is 0 Å². The second kappa shape index (κ2) is 9.09. The summed E-state index contributed by atoms with van der Waals surface area (Å²) in [4.78, 5) is 10.9. The van der Waals surface area contributed by atoms with Gasteiger partial charge < -0.3 is 9.26 Å². The predicted molar refractivity (Wildman–Crippen MR) is 120 cm³/mol. The molecule has 0 unspecified atom stereocenters. The summed E-state index contributed by atoms with van der Waals surface area (Å²) in [6.45, 7) is 2.69. The van der Waals surface area contributed by atoms with Gasteiger partial charge in [-0.2, -0.15) is 0 Å². The van der Waals surface area contributed by atoms with Crippen LogP contribution in [0, 0.1) is 27.6 Å². The Kier molecular flexibility index (Phi) is 6.10. The van der Waals surface area contributed by atoms with E-state index in [1.807, 2.05) is 0 Å². The summed E-state index contributed by atoms with van der Waals surface area (Å²) in [6, 6.07) is 10.4. The first kappa shape index (κ1) is 23.5. The smallest absolute Gasteiger partial charge is 0.346 e. The van der Waals surface area contributed by atoms with E-state index in [4.69, 9.17) is 9.26 Å². The fraction of sp³-hybridized carbons (Fsp3) is 0.217. The highest BCUT2D eigenvalue weighted by Gasteiger charge is 2.49. The van der Waals surface area contributed by atoms with Gasteiger partial charge in [-0.3, -0.25) is 14.7 Å². The van der Waals surface area contributed by atoms with E-state index in [9.17, 15) is 27.9 Å². The van der Waals surface area contributed by atoms with Gasteiger partial charge in [0, 0.05) is 55.5 Å². The Hall–Kier alpha value is -3.24. The van der Waals surface area contributed by atoms with Crippen molar-refractivity contribution in [3.63, 3.8) is 0 Å². The normalized spacial score (nSPS) is 15.7. The summed E-state index contributed by atoms with van der Waals surface area (Å²) in [5.41, 5.74) is -0.127. The third-order valence-electron chi connectivity index (χ3n) is 5.57. The fourth-order valence-corrected chi connectivity index (χ4v) is 5.78. The lowest BCUT2D eigenvalue weighted by Gasteiger charge is -2.19. The number of halogens is 3. The fourth-order valence-electron chi connectivity index (χ4n) is 3.59. The number of hydrogen-bond acceptors (Lipinski definition) is 5. The summed E-state index contributed by atoms with van der Waals surface area (Å²) in [7, 11) is -3.08. The molecule has 0 spiro atoms. The average molecular weight is 505 g/mol. The first-order chi connectivity index (χ1) is 16.7. The maximum absolute atomic E-state index is 14.7. The number of rotatable bonds is 9. The van der Waals surface area contributed by atoms with E-state index in [0.717, 1.165) is 18.2 Å². The highest BCUT2D eigenvalue weighted by Crippen LogP contribution is 2.61. The van der Waals surface area contributed by atoms with E-state index in [2.05, 4.69) is 0 Å². The summed E-state index contributed by atoms with van der Waals surface area (Å²) in [5.74, 6) is -2.79. The molecule has 0 aliphatic carbocycles. The standard InChI is InChI=1S/C23H19F3N3O5P/c24-16-2-4-18(20(25)12-16)19-5-3-17(13-21(19)26)34-23-11-15(1-6-22(23)29(30)31)14-33-35(32,27-7-8-27)28-9-10-28/h1-6,11-13H,7-10,14H2. The van der Waals surface area contributed by atoms with E-state index in [-0.39, 0.29) is 34.9 Å². The lowest BCUT2D eigenvalue weighted by atomic mass is 10.0. The van der Waals surface area contributed by atoms with Crippen molar-refractivity contribution in [2.24, 2.45) is 0 Å². The van der Waals surface area contributed by atoms with Crippen LogP contribution in [0.2, 0.25) is 0 Å². The number of hydrogen-bond donors (Lipinski definition) is 0. The molecule has 0 atom stereocenters. The summed E-state index contributed by atoms with van der Waals surface area (Å²) in [5, 5.41) is 11.5. The molecule has 2 fully saturated rings. The van der Waals surface area contributed by atoms with Crippen molar-refractivity contribution in [3.8, 4) is 22.6 Å².